The van der Waals surface area contributed by atoms with Crippen molar-refractivity contribution in [2.24, 2.45) is 5.92 Å². The SMILES string of the molecule is CCCCC1CC(C(=O)O)N(F)C1. The quantitative estimate of drug-likeness (QED) is 0.686. The molecule has 1 aliphatic heterocycles. The number of rotatable bonds is 4. The van der Waals surface area contributed by atoms with Gasteiger partial charge >= 0.3 is 5.97 Å². The molecule has 0 amide bonds. The van der Waals surface area contributed by atoms with Crippen LogP contribution in [-0.2, 0) is 4.79 Å². The second kappa shape index (κ2) is 4.56. The Morgan fingerprint density at radius 3 is 2.85 bits per heavy atom. The maximum absolute atomic E-state index is 13.0. The van der Waals surface area contributed by atoms with Crippen molar-refractivity contribution in [2.75, 3.05) is 6.54 Å². The number of nitrogens with zero attached hydrogens (tertiary/aromatic N) is 1. The number of hydrogen-bond acceptors (Lipinski definition) is 2. The molecule has 76 valence electrons. The Hall–Kier alpha value is -0.640. The summed E-state index contributed by atoms with van der Waals surface area (Å²) in [6.07, 6.45) is 3.55. The summed E-state index contributed by atoms with van der Waals surface area (Å²) in [6, 6.07) is -0.901. The van der Waals surface area contributed by atoms with Gasteiger partial charge in [0.1, 0.15) is 6.04 Å². The van der Waals surface area contributed by atoms with E-state index < -0.39 is 12.0 Å². The van der Waals surface area contributed by atoms with Gasteiger partial charge in [0, 0.05) is 6.54 Å². The van der Waals surface area contributed by atoms with E-state index in [1.807, 2.05) is 0 Å². The Morgan fingerprint density at radius 2 is 2.38 bits per heavy atom. The van der Waals surface area contributed by atoms with E-state index in [2.05, 4.69) is 6.92 Å². The number of carboxylic acids is 1. The highest BCUT2D eigenvalue weighted by Gasteiger charge is 2.36. The van der Waals surface area contributed by atoms with Crippen LogP contribution in [0.4, 0.5) is 4.48 Å². The molecule has 4 heteroatoms. The first-order chi connectivity index (χ1) is 6.15. The number of carbonyl (C=O) groups is 1. The van der Waals surface area contributed by atoms with E-state index in [0.29, 0.717) is 11.5 Å². The van der Waals surface area contributed by atoms with Crippen LogP contribution in [0.25, 0.3) is 0 Å². The normalized spacial score (nSPS) is 29.4. The molecule has 1 N–H and O–H groups in total. The Balaban J connectivity index is 2.36. The zero-order valence-electron chi connectivity index (χ0n) is 7.87. The van der Waals surface area contributed by atoms with Crippen LogP contribution < -0.4 is 0 Å². The molecular weight excluding hydrogens is 173 g/mol. The molecule has 1 aliphatic rings. The lowest BCUT2D eigenvalue weighted by molar-refractivity contribution is -0.148. The molecule has 3 nitrogen and oxygen atoms in total. The van der Waals surface area contributed by atoms with Crippen molar-refractivity contribution in [2.45, 2.75) is 38.6 Å². The Morgan fingerprint density at radius 1 is 1.69 bits per heavy atom. The molecule has 1 rings (SSSR count). The van der Waals surface area contributed by atoms with E-state index >= 15 is 0 Å². The van der Waals surface area contributed by atoms with Crippen LogP contribution in [0.5, 0.6) is 0 Å². The highest BCUT2D eigenvalue weighted by molar-refractivity contribution is 5.73. The van der Waals surface area contributed by atoms with Crippen molar-refractivity contribution in [3.8, 4) is 0 Å². The van der Waals surface area contributed by atoms with Crippen LogP contribution in [-0.4, -0.2) is 28.8 Å². The van der Waals surface area contributed by atoms with Crippen LogP contribution >= 0.6 is 0 Å². The van der Waals surface area contributed by atoms with Crippen LogP contribution in [0.2, 0.25) is 0 Å². The van der Waals surface area contributed by atoms with Crippen molar-refractivity contribution in [1.29, 1.82) is 0 Å². The highest BCUT2D eigenvalue weighted by atomic mass is 19.2. The van der Waals surface area contributed by atoms with Crippen molar-refractivity contribution in [1.82, 2.24) is 5.12 Å². The van der Waals surface area contributed by atoms with Gasteiger partial charge in [-0.1, -0.05) is 19.8 Å². The minimum absolute atomic E-state index is 0.228. The smallest absolute Gasteiger partial charge is 0.323 e. The third-order valence-corrected chi connectivity index (χ3v) is 2.58. The maximum Gasteiger partial charge on any atom is 0.323 e. The van der Waals surface area contributed by atoms with Crippen LogP contribution in [0, 0.1) is 5.92 Å². The molecule has 0 aromatic heterocycles. The standard InChI is InChI=1S/C9H16FNO2/c1-2-3-4-7-5-8(9(12)13)11(10)6-7/h7-8H,2-6H2,1H3,(H,12,13). The molecule has 0 saturated carbocycles. The molecule has 1 saturated heterocycles. The van der Waals surface area contributed by atoms with Gasteiger partial charge in [0.25, 0.3) is 0 Å². The van der Waals surface area contributed by atoms with Gasteiger partial charge in [-0.15, -0.1) is 9.60 Å². The molecule has 0 aliphatic carbocycles. The second-order valence-corrected chi connectivity index (χ2v) is 3.68. The molecule has 13 heavy (non-hydrogen) atoms. The van der Waals surface area contributed by atoms with Gasteiger partial charge < -0.3 is 5.11 Å². The number of aliphatic carboxylic acids is 1. The van der Waals surface area contributed by atoms with Gasteiger partial charge in [-0.2, -0.15) is 0 Å². The van der Waals surface area contributed by atoms with Crippen molar-refractivity contribution in [3.05, 3.63) is 0 Å². The fourth-order valence-corrected chi connectivity index (χ4v) is 1.80. The summed E-state index contributed by atoms with van der Waals surface area (Å²) in [5, 5.41) is 9.11. The molecule has 0 aromatic rings. The summed E-state index contributed by atoms with van der Waals surface area (Å²) in [5.41, 5.74) is 0. The van der Waals surface area contributed by atoms with E-state index in [1.165, 1.54) is 0 Å². The van der Waals surface area contributed by atoms with E-state index in [1.54, 1.807) is 0 Å². The predicted molar refractivity (Wildman–Crippen MR) is 46.9 cm³/mol. The molecule has 1 heterocycles. The lowest BCUT2D eigenvalue weighted by Gasteiger charge is -2.07. The Labute approximate surface area is 77.5 Å². The summed E-state index contributed by atoms with van der Waals surface area (Å²) in [6.45, 7) is 2.37. The first-order valence-corrected chi connectivity index (χ1v) is 4.80. The van der Waals surface area contributed by atoms with Gasteiger partial charge in [-0.05, 0) is 18.8 Å². The second-order valence-electron chi connectivity index (χ2n) is 3.68. The van der Waals surface area contributed by atoms with Crippen LogP contribution in [0.3, 0.4) is 0 Å². The van der Waals surface area contributed by atoms with Crippen molar-refractivity contribution >= 4 is 5.97 Å². The van der Waals surface area contributed by atoms with Gasteiger partial charge in [0.05, 0.1) is 0 Å². The fourth-order valence-electron chi connectivity index (χ4n) is 1.80. The Kier molecular flexibility index (Phi) is 3.66. The zero-order valence-corrected chi connectivity index (χ0v) is 7.87. The number of hydrogen-bond donors (Lipinski definition) is 1. The first kappa shape index (κ1) is 10.4. The van der Waals surface area contributed by atoms with E-state index in [4.69, 9.17) is 5.11 Å². The molecule has 0 radical (unpaired) electrons. The summed E-state index contributed by atoms with van der Waals surface area (Å²) < 4.78 is 13.0. The topological polar surface area (TPSA) is 40.5 Å². The average molecular weight is 189 g/mol. The summed E-state index contributed by atoms with van der Waals surface area (Å²) >= 11 is 0. The van der Waals surface area contributed by atoms with Gasteiger partial charge in [-0.25, -0.2) is 0 Å². The van der Waals surface area contributed by atoms with E-state index in [9.17, 15) is 9.28 Å². The zero-order chi connectivity index (χ0) is 9.84. The predicted octanol–water partition coefficient (Wildman–Crippen LogP) is 1.84. The monoisotopic (exact) mass is 189 g/mol. The molecule has 2 unspecified atom stereocenters. The number of carboxylic acid groups (broad SMARTS) is 1. The third-order valence-electron chi connectivity index (χ3n) is 2.58. The minimum atomic E-state index is -1.04. The third kappa shape index (κ3) is 2.66. The summed E-state index contributed by atoms with van der Waals surface area (Å²) in [5.74, 6) is -0.812. The Bertz CT molecular complexity index is 186. The molecule has 0 spiro atoms. The van der Waals surface area contributed by atoms with Crippen LogP contribution in [0.15, 0.2) is 0 Å². The van der Waals surface area contributed by atoms with E-state index in [-0.39, 0.29) is 12.5 Å². The molecular formula is C9H16FNO2. The number of unbranched alkanes of at least 4 members (excludes halogenated alkanes) is 1. The van der Waals surface area contributed by atoms with Crippen LogP contribution in [0.1, 0.15) is 32.6 Å². The van der Waals surface area contributed by atoms with Gasteiger partial charge in [-0.3, -0.25) is 4.79 Å². The largest absolute Gasteiger partial charge is 0.480 e. The molecule has 2 atom stereocenters. The fraction of sp³-hybridized carbons (Fsp3) is 0.889. The molecule has 0 bridgehead atoms. The lowest BCUT2D eigenvalue weighted by Crippen LogP contribution is -2.29. The first-order valence-electron chi connectivity index (χ1n) is 4.80. The summed E-state index contributed by atoms with van der Waals surface area (Å²) in [7, 11) is 0. The van der Waals surface area contributed by atoms with Crippen molar-refractivity contribution < 1.29 is 14.4 Å². The summed E-state index contributed by atoms with van der Waals surface area (Å²) in [4.78, 5) is 10.5. The van der Waals surface area contributed by atoms with Gasteiger partial charge in [0.2, 0.25) is 0 Å². The van der Waals surface area contributed by atoms with Gasteiger partial charge in [0.15, 0.2) is 0 Å². The average Bonchev–Trinajstić information content (AvgIpc) is 2.43. The molecule has 0 aromatic carbocycles. The highest BCUT2D eigenvalue weighted by Crippen LogP contribution is 2.27. The van der Waals surface area contributed by atoms with Crippen molar-refractivity contribution in [3.63, 3.8) is 0 Å². The maximum atomic E-state index is 13.0. The van der Waals surface area contributed by atoms with E-state index in [0.717, 1.165) is 19.3 Å². The lowest BCUT2D eigenvalue weighted by atomic mass is 9.99. The minimum Gasteiger partial charge on any atom is -0.480 e. The number of halogens is 1. The molecule has 1 fully saturated rings.